The Morgan fingerprint density at radius 3 is 2.09 bits per heavy atom. The van der Waals surface area contributed by atoms with Gasteiger partial charge >= 0.3 is 0 Å². The number of benzene rings is 3. The Kier molecular flexibility index (Phi) is 8.15. The fourth-order valence-electron chi connectivity index (χ4n) is 4.92. The van der Waals surface area contributed by atoms with Gasteiger partial charge in [0.15, 0.2) is 0 Å². The van der Waals surface area contributed by atoms with Crippen molar-refractivity contribution < 1.29 is 9.90 Å². The second-order valence-corrected chi connectivity index (χ2v) is 9.57. The summed E-state index contributed by atoms with van der Waals surface area (Å²) < 4.78 is 0. The number of aliphatic hydroxyl groups is 1. The van der Waals surface area contributed by atoms with Gasteiger partial charge in [0, 0.05) is 19.0 Å². The average Bonchev–Trinajstić information content (AvgIpc) is 2.85. The zero-order chi connectivity index (χ0) is 23.9. The van der Waals surface area contributed by atoms with E-state index in [1.165, 1.54) is 16.7 Å². The van der Waals surface area contributed by atoms with Crippen LogP contribution in [0.1, 0.15) is 52.5 Å². The molecule has 2 atom stereocenters. The molecular weight excluding hydrogens is 420 g/mol. The van der Waals surface area contributed by atoms with Crippen LogP contribution >= 0.6 is 0 Å². The average molecular weight is 457 g/mol. The van der Waals surface area contributed by atoms with E-state index in [0.717, 1.165) is 37.1 Å². The van der Waals surface area contributed by atoms with Gasteiger partial charge in [-0.3, -0.25) is 4.79 Å². The van der Waals surface area contributed by atoms with E-state index in [0.29, 0.717) is 13.1 Å². The van der Waals surface area contributed by atoms with Gasteiger partial charge in [-0.15, -0.1) is 0 Å². The highest BCUT2D eigenvalue weighted by molar-refractivity contribution is 5.87. The number of nitrogens with zero attached hydrogens (tertiary/aromatic N) is 1. The van der Waals surface area contributed by atoms with Gasteiger partial charge in [-0.25, -0.2) is 0 Å². The Bertz CT molecular complexity index is 1000. The van der Waals surface area contributed by atoms with Gasteiger partial charge in [-0.1, -0.05) is 90.0 Å². The quantitative estimate of drug-likeness (QED) is 0.479. The highest BCUT2D eigenvalue weighted by Gasteiger charge is 2.28. The SMILES string of the molecule is Cc1ccc(C(C(=O)NCCCN2CCC(c3ccccc3)C(O)C2)c2ccc(C)cc2)cc1. The van der Waals surface area contributed by atoms with Gasteiger partial charge in [0.1, 0.15) is 0 Å². The molecule has 178 valence electrons. The second kappa shape index (κ2) is 11.5. The number of rotatable bonds is 8. The maximum absolute atomic E-state index is 13.3. The lowest BCUT2D eigenvalue weighted by Crippen LogP contribution is -2.43. The summed E-state index contributed by atoms with van der Waals surface area (Å²) in [6.07, 6.45) is 1.47. The van der Waals surface area contributed by atoms with Crippen molar-refractivity contribution >= 4 is 5.91 Å². The molecule has 2 N–H and O–H groups in total. The largest absolute Gasteiger partial charge is 0.391 e. The molecule has 34 heavy (non-hydrogen) atoms. The van der Waals surface area contributed by atoms with Crippen molar-refractivity contribution in [1.82, 2.24) is 10.2 Å². The van der Waals surface area contributed by atoms with Crippen LogP contribution in [0, 0.1) is 13.8 Å². The number of β-amino-alcohol motifs (C(OH)–C–C–N with tert-alkyl or cyclic N) is 1. The minimum absolute atomic E-state index is 0.0375. The van der Waals surface area contributed by atoms with Crippen molar-refractivity contribution in [2.75, 3.05) is 26.2 Å². The Labute approximate surface area is 203 Å². The molecule has 2 unspecified atom stereocenters. The molecule has 4 heteroatoms. The molecule has 3 aromatic carbocycles. The topological polar surface area (TPSA) is 52.6 Å². The predicted octanol–water partition coefficient (Wildman–Crippen LogP) is 4.79. The van der Waals surface area contributed by atoms with Crippen LogP contribution in [0.15, 0.2) is 78.9 Å². The maximum Gasteiger partial charge on any atom is 0.232 e. The number of nitrogens with one attached hydrogen (secondary N) is 1. The molecule has 1 aliphatic rings. The zero-order valence-corrected chi connectivity index (χ0v) is 20.3. The molecule has 1 heterocycles. The predicted molar refractivity (Wildman–Crippen MR) is 138 cm³/mol. The Hall–Kier alpha value is -2.95. The van der Waals surface area contributed by atoms with E-state index in [4.69, 9.17) is 0 Å². The molecule has 4 nitrogen and oxygen atoms in total. The number of piperidine rings is 1. The van der Waals surface area contributed by atoms with Gasteiger partial charge in [0.2, 0.25) is 5.91 Å². The van der Waals surface area contributed by atoms with Gasteiger partial charge < -0.3 is 15.3 Å². The summed E-state index contributed by atoms with van der Waals surface area (Å²) in [6.45, 7) is 7.28. The summed E-state index contributed by atoms with van der Waals surface area (Å²) in [5, 5.41) is 13.9. The van der Waals surface area contributed by atoms with Crippen molar-refractivity contribution in [2.24, 2.45) is 0 Å². The summed E-state index contributed by atoms with van der Waals surface area (Å²) in [5.41, 5.74) is 5.62. The van der Waals surface area contributed by atoms with Crippen LogP contribution in [0.4, 0.5) is 0 Å². The van der Waals surface area contributed by atoms with Crippen molar-refractivity contribution in [2.45, 2.75) is 44.6 Å². The van der Waals surface area contributed by atoms with E-state index in [1.807, 2.05) is 18.2 Å². The summed E-state index contributed by atoms with van der Waals surface area (Å²) in [6, 6.07) is 26.8. The molecule has 3 aromatic rings. The van der Waals surface area contributed by atoms with Crippen molar-refractivity contribution in [1.29, 1.82) is 0 Å². The smallest absolute Gasteiger partial charge is 0.232 e. The number of aryl methyl sites for hydroxylation is 2. The minimum Gasteiger partial charge on any atom is -0.391 e. The monoisotopic (exact) mass is 456 g/mol. The van der Waals surface area contributed by atoms with E-state index in [2.05, 4.69) is 84.7 Å². The fourth-order valence-corrected chi connectivity index (χ4v) is 4.92. The standard InChI is InChI=1S/C30H36N2O2/c1-22-9-13-25(14-10-22)29(26-15-11-23(2)12-16-26)30(34)31-18-6-19-32-20-17-27(28(33)21-32)24-7-4-3-5-8-24/h3-5,7-16,27-29,33H,6,17-21H2,1-2H3,(H,31,34). The minimum atomic E-state index is -0.349. The number of carbonyl (C=O) groups is 1. The third-order valence-electron chi connectivity index (χ3n) is 6.93. The molecule has 0 aromatic heterocycles. The van der Waals surface area contributed by atoms with E-state index in [9.17, 15) is 9.90 Å². The Balaban J connectivity index is 1.30. The van der Waals surface area contributed by atoms with Crippen LogP contribution < -0.4 is 5.32 Å². The Morgan fingerprint density at radius 1 is 0.941 bits per heavy atom. The van der Waals surface area contributed by atoms with Crippen LogP contribution in [0.2, 0.25) is 0 Å². The molecule has 1 aliphatic heterocycles. The molecule has 0 aliphatic carbocycles. The maximum atomic E-state index is 13.3. The van der Waals surface area contributed by atoms with Crippen molar-refractivity contribution in [3.05, 3.63) is 107 Å². The van der Waals surface area contributed by atoms with Crippen LogP contribution in [0.25, 0.3) is 0 Å². The first-order valence-corrected chi connectivity index (χ1v) is 12.4. The molecule has 1 fully saturated rings. The normalized spacial score (nSPS) is 18.7. The zero-order valence-electron chi connectivity index (χ0n) is 20.3. The molecule has 1 saturated heterocycles. The van der Waals surface area contributed by atoms with Crippen molar-refractivity contribution in [3.8, 4) is 0 Å². The molecule has 4 rings (SSSR count). The van der Waals surface area contributed by atoms with Gasteiger partial charge in [-0.05, 0) is 56.5 Å². The number of amides is 1. The first-order valence-electron chi connectivity index (χ1n) is 12.4. The second-order valence-electron chi connectivity index (χ2n) is 9.57. The Morgan fingerprint density at radius 2 is 1.53 bits per heavy atom. The van der Waals surface area contributed by atoms with Gasteiger partial charge in [-0.2, -0.15) is 0 Å². The number of hydrogen-bond acceptors (Lipinski definition) is 3. The first-order chi connectivity index (χ1) is 16.5. The van der Waals surface area contributed by atoms with E-state index < -0.39 is 0 Å². The van der Waals surface area contributed by atoms with Crippen LogP contribution in [0.5, 0.6) is 0 Å². The van der Waals surface area contributed by atoms with E-state index in [-0.39, 0.29) is 23.8 Å². The summed E-state index contributed by atoms with van der Waals surface area (Å²) in [5.74, 6) is -0.0675. The highest BCUT2D eigenvalue weighted by atomic mass is 16.3. The lowest BCUT2D eigenvalue weighted by molar-refractivity contribution is -0.121. The van der Waals surface area contributed by atoms with Crippen LogP contribution in [-0.4, -0.2) is 48.2 Å². The molecular formula is C30H36N2O2. The van der Waals surface area contributed by atoms with Crippen molar-refractivity contribution in [3.63, 3.8) is 0 Å². The summed E-state index contributed by atoms with van der Waals surface area (Å²) in [4.78, 5) is 15.6. The third-order valence-corrected chi connectivity index (χ3v) is 6.93. The molecule has 0 spiro atoms. The fraction of sp³-hybridized carbons (Fsp3) is 0.367. The molecule has 0 saturated carbocycles. The van der Waals surface area contributed by atoms with Gasteiger partial charge in [0.25, 0.3) is 0 Å². The van der Waals surface area contributed by atoms with Crippen LogP contribution in [-0.2, 0) is 4.79 Å². The number of aliphatic hydroxyl groups excluding tert-OH is 1. The lowest BCUT2D eigenvalue weighted by atomic mass is 9.87. The number of likely N-dealkylation sites (tertiary alicyclic amines) is 1. The summed E-state index contributed by atoms with van der Waals surface area (Å²) >= 11 is 0. The molecule has 0 bridgehead atoms. The highest BCUT2D eigenvalue weighted by Crippen LogP contribution is 2.28. The van der Waals surface area contributed by atoms with E-state index >= 15 is 0 Å². The third kappa shape index (κ3) is 6.13. The lowest BCUT2D eigenvalue weighted by Gasteiger charge is -2.36. The van der Waals surface area contributed by atoms with Crippen LogP contribution in [0.3, 0.4) is 0 Å². The van der Waals surface area contributed by atoms with Gasteiger partial charge in [0.05, 0.1) is 12.0 Å². The van der Waals surface area contributed by atoms with E-state index in [1.54, 1.807) is 0 Å². The molecule has 1 amide bonds. The number of hydrogen-bond donors (Lipinski definition) is 2. The first kappa shape index (κ1) is 24.2. The number of carbonyl (C=O) groups excluding carboxylic acids is 1. The molecule has 0 radical (unpaired) electrons. The summed E-state index contributed by atoms with van der Waals surface area (Å²) in [7, 11) is 0.